The van der Waals surface area contributed by atoms with Crippen molar-refractivity contribution in [3.8, 4) is 11.5 Å². The van der Waals surface area contributed by atoms with Gasteiger partial charge in [-0.25, -0.2) is 0 Å². The lowest BCUT2D eigenvalue weighted by molar-refractivity contribution is -0.118. The van der Waals surface area contributed by atoms with Gasteiger partial charge in [0.05, 0.1) is 7.11 Å². The number of thiocarbonyl (C=S) groups is 1. The Morgan fingerprint density at radius 2 is 1.77 bits per heavy atom. The molecule has 2 aromatic rings. The Labute approximate surface area is 184 Å². The number of carbonyl (C=O) groups is 1. The number of hydrogen-bond donors (Lipinski definition) is 1. The van der Waals surface area contributed by atoms with Gasteiger partial charge in [-0.15, -0.1) is 0 Å². The fourth-order valence-corrected chi connectivity index (χ4v) is 4.01. The number of piperidine rings is 1. The molecule has 0 aromatic heterocycles. The molecule has 2 aromatic carbocycles. The van der Waals surface area contributed by atoms with Gasteiger partial charge in [0.25, 0.3) is 5.91 Å². The molecule has 1 amide bonds. The maximum atomic E-state index is 12.3. The zero-order valence-electron chi connectivity index (χ0n) is 18.2. The molecule has 0 spiro atoms. The third-order valence-corrected chi connectivity index (χ3v) is 5.84. The van der Waals surface area contributed by atoms with Crippen LogP contribution in [0.5, 0.6) is 11.5 Å². The number of likely N-dealkylation sites (tertiary alicyclic amines) is 1. The van der Waals surface area contributed by atoms with Crippen LogP contribution >= 0.6 is 12.2 Å². The molecule has 1 aliphatic heterocycles. The van der Waals surface area contributed by atoms with Crippen molar-refractivity contribution in [3.05, 3.63) is 53.1 Å². The highest BCUT2D eigenvalue weighted by molar-refractivity contribution is 7.80. The molecule has 1 fully saturated rings. The fourth-order valence-electron chi connectivity index (χ4n) is 3.70. The van der Waals surface area contributed by atoms with E-state index in [1.807, 2.05) is 44.2 Å². The van der Waals surface area contributed by atoms with Crippen LogP contribution in [-0.2, 0) is 4.79 Å². The van der Waals surface area contributed by atoms with Crippen LogP contribution in [0.4, 0.5) is 5.69 Å². The van der Waals surface area contributed by atoms with E-state index in [0.717, 1.165) is 59.2 Å². The van der Waals surface area contributed by atoms with Gasteiger partial charge in [0.1, 0.15) is 4.99 Å². The van der Waals surface area contributed by atoms with Crippen molar-refractivity contribution in [1.82, 2.24) is 4.90 Å². The summed E-state index contributed by atoms with van der Waals surface area (Å²) in [4.78, 5) is 15.4. The first-order chi connectivity index (χ1) is 14.4. The Morgan fingerprint density at radius 3 is 2.40 bits per heavy atom. The molecular weight excluding hydrogens is 396 g/mol. The molecule has 1 saturated heterocycles. The van der Waals surface area contributed by atoms with Crippen molar-refractivity contribution in [2.75, 3.05) is 32.1 Å². The van der Waals surface area contributed by atoms with E-state index in [1.54, 1.807) is 7.11 Å². The highest BCUT2D eigenvalue weighted by atomic mass is 32.1. The van der Waals surface area contributed by atoms with Crippen LogP contribution < -0.4 is 14.8 Å². The number of hydrogen-bond acceptors (Lipinski definition) is 4. The molecule has 30 heavy (non-hydrogen) atoms. The SMILES string of the molecule is COc1cc(C(=S)N2CCC(C)CC2)ccc1OCC(=O)Nc1cc(C)cc(C)c1. The molecule has 0 aliphatic carbocycles. The van der Waals surface area contributed by atoms with E-state index in [1.165, 1.54) is 0 Å². The smallest absolute Gasteiger partial charge is 0.262 e. The van der Waals surface area contributed by atoms with Crippen molar-refractivity contribution in [2.45, 2.75) is 33.6 Å². The topological polar surface area (TPSA) is 50.8 Å². The second kappa shape index (κ2) is 9.94. The van der Waals surface area contributed by atoms with Gasteiger partial charge in [0.15, 0.2) is 18.1 Å². The van der Waals surface area contributed by atoms with E-state index in [-0.39, 0.29) is 12.5 Å². The van der Waals surface area contributed by atoms with Crippen LogP contribution in [0, 0.1) is 19.8 Å². The Kier molecular flexibility index (Phi) is 7.32. The number of methoxy groups -OCH3 is 1. The number of benzene rings is 2. The van der Waals surface area contributed by atoms with Gasteiger partial charge in [0, 0.05) is 24.3 Å². The van der Waals surface area contributed by atoms with Gasteiger partial charge < -0.3 is 19.7 Å². The summed E-state index contributed by atoms with van der Waals surface area (Å²) >= 11 is 5.70. The molecule has 160 valence electrons. The van der Waals surface area contributed by atoms with Crippen LogP contribution in [0.3, 0.4) is 0 Å². The number of nitrogens with zero attached hydrogens (tertiary/aromatic N) is 1. The summed E-state index contributed by atoms with van der Waals surface area (Å²) in [6.45, 7) is 8.16. The van der Waals surface area contributed by atoms with Gasteiger partial charge >= 0.3 is 0 Å². The van der Waals surface area contributed by atoms with Gasteiger partial charge in [-0.1, -0.05) is 25.2 Å². The monoisotopic (exact) mass is 426 g/mol. The lowest BCUT2D eigenvalue weighted by atomic mass is 9.99. The molecule has 0 atom stereocenters. The Bertz CT molecular complexity index is 900. The minimum Gasteiger partial charge on any atom is -0.493 e. The number of amides is 1. The predicted octanol–water partition coefficient (Wildman–Crippen LogP) is 4.74. The predicted molar refractivity (Wildman–Crippen MR) is 125 cm³/mol. The maximum absolute atomic E-state index is 12.3. The summed E-state index contributed by atoms with van der Waals surface area (Å²) in [6, 6.07) is 11.6. The van der Waals surface area contributed by atoms with Crippen LogP contribution in [-0.4, -0.2) is 42.6 Å². The van der Waals surface area contributed by atoms with Gasteiger partial charge in [-0.2, -0.15) is 0 Å². The molecule has 1 aliphatic rings. The van der Waals surface area contributed by atoms with Gasteiger partial charge in [0.2, 0.25) is 0 Å². The van der Waals surface area contributed by atoms with Crippen LogP contribution in [0.2, 0.25) is 0 Å². The summed E-state index contributed by atoms with van der Waals surface area (Å²) in [6.07, 6.45) is 2.32. The van der Waals surface area contributed by atoms with Crippen LogP contribution in [0.25, 0.3) is 0 Å². The van der Waals surface area contributed by atoms with Crippen molar-refractivity contribution in [3.63, 3.8) is 0 Å². The van der Waals surface area contributed by atoms with Crippen LogP contribution in [0.15, 0.2) is 36.4 Å². The van der Waals surface area contributed by atoms with Crippen LogP contribution in [0.1, 0.15) is 36.5 Å². The van der Waals surface area contributed by atoms with Crippen molar-refractivity contribution in [1.29, 1.82) is 0 Å². The zero-order chi connectivity index (χ0) is 21.7. The molecule has 0 saturated carbocycles. The van der Waals surface area contributed by atoms with E-state index >= 15 is 0 Å². The Hall–Kier alpha value is -2.60. The average molecular weight is 427 g/mol. The molecule has 3 rings (SSSR count). The molecular formula is C24H30N2O3S. The van der Waals surface area contributed by atoms with Crippen molar-refractivity contribution >= 4 is 28.8 Å². The molecule has 0 radical (unpaired) electrons. The average Bonchev–Trinajstić information content (AvgIpc) is 2.71. The van der Waals surface area contributed by atoms with E-state index in [2.05, 4.69) is 23.2 Å². The van der Waals surface area contributed by atoms with E-state index < -0.39 is 0 Å². The Balaban J connectivity index is 1.62. The van der Waals surface area contributed by atoms with E-state index in [9.17, 15) is 4.79 Å². The summed E-state index contributed by atoms with van der Waals surface area (Å²) in [5.74, 6) is 1.62. The van der Waals surface area contributed by atoms with Crippen molar-refractivity contribution < 1.29 is 14.3 Å². The number of ether oxygens (including phenoxy) is 2. The summed E-state index contributed by atoms with van der Waals surface area (Å²) in [5, 5.41) is 2.88. The van der Waals surface area contributed by atoms with Gasteiger partial charge in [-0.3, -0.25) is 4.79 Å². The lowest BCUT2D eigenvalue weighted by Crippen LogP contribution is -2.37. The lowest BCUT2D eigenvalue weighted by Gasteiger charge is -2.32. The number of carbonyl (C=O) groups excluding carboxylic acids is 1. The Morgan fingerprint density at radius 1 is 1.10 bits per heavy atom. The molecule has 5 nitrogen and oxygen atoms in total. The van der Waals surface area contributed by atoms with E-state index in [4.69, 9.17) is 21.7 Å². The summed E-state index contributed by atoms with van der Waals surface area (Å²) < 4.78 is 11.2. The minimum atomic E-state index is -0.218. The van der Waals surface area contributed by atoms with Crippen molar-refractivity contribution in [2.24, 2.45) is 5.92 Å². The first-order valence-corrected chi connectivity index (χ1v) is 10.7. The second-order valence-electron chi connectivity index (χ2n) is 8.05. The fraction of sp³-hybridized carbons (Fsp3) is 0.417. The molecule has 6 heteroatoms. The first kappa shape index (κ1) is 22.1. The van der Waals surface area contributed by atoms with Gasteiger partial charge in [-0.05, 0) is 74.1 Å². The second-order valence-corrected chi connectivity index (χ2v) is 8.44. The quantitative estimate of drug-likeness (QED) is 0.677. The third-order valence-electron chi connectivity index (χ3n) is 5.35. The zero-order valence-corrected chi connectivity index (χ0v) is 19.0. The summed E-state index contributed by atoms with van der Waals surface area (Å²) in [7, 11) is 1.59. The number of anilines is 1. The standard InChI is InChI=1S/C24H30N2O3S/c1-16-7-9-26(10-8-16)24(30)19-5-6-21(22(14-19)28-4)29-15-23(27)25-20-12-17(2)11-18(3)13-20/h5-6,11-14,16H,7-10,15H2,1-4H3,(H,25,27). The molecule has 0 bridgehead atoms. The largest absolute Gasteiger partial charge is 0.493 e. The minimum absolute atomic E-state index is 0.100. The summed E-state index contributed by atoms with van der Waals surface area (Å²) in [5.41, 5.74) is 3.90. The third kappa shape index (κ3) is 5.72. The maximum Gasteiger partial charge on any atom is 0.262 e. The highest BCUT2D eigenvalue weighted by Gasteiger charge is 2.20. The molecule has 1 heterocycles. The number of aryl methyl sites for hydroxylation is 2. The number of rotatable bonds is 6. The molecule has 1 N–H and O–H groups in total. The highest BCUT2D eigenvalue weighted by Crippen LogP contribution is 2.29. The number of nitrogens with one attached hydrogen (secondary N) is 1. The van der Waals surface area contributed by atoms with E-state index in [0.29, 0.717) is 11.5 Å². The normalized spacial score (nSPS) is 14.3. The first-order valence-electron chi connectivity index (χ1n) is 10.3. The molecule has 0 unspecified atom stereocenters.